The lowest BCUT2D eigenvalue weighted by atomic mass is 9.90. The zero-order chi connectivity index (χ0) is 32.5. The van der Waals surface area contributed by atoms with E-state index < -0.39 is 40.6 Å². The molecule has 2 saturated heterocycles. The first-order chi connectivity index (χ1) is 21.1. The van der Waals surface area contributed by atoms with Crippen LogP contribution in [0.4, 0.5) is 42.2 Å². The van der Waals surface area contributed by atoms with Crippen molar-refractivity contribution in [1.82, 2.24) is 9.88 Å². The number of likely N-dealkylation sites (N-methyl/N-ethyl adjacent to an activating group) is 1. The van der Waals surface area contributed by atoms with E-state index in [4.69, 9.17) is 0 Å². The zero-order valence-corrected chi connectivity index (χ0v) is 24.4. The van der Waals surface area contributed by atoms with Gasteiger partial charge in [0.05, 0.1) is 35.0 Å². The van der Waals surface area contributed by atoms with Crippen LogP contribution in [0.5, 0.6) is 0 Å². The lowest BCUT2D eigenvalue weighted by molar-refractivity contribution is -0.143. The van der Waals surface area contributed by atoms with Crippen molar-refractivity contribution in [3.63, 3.8) is 0 Å². The summed E-state index contributed by atoms with van der Waals surface area (Å²) in [5.41, 5.74) is -3.32. The molecule has 2 aromatic carbocycles. The van der Waals surface area contributed by atoms with Gasteiger partial charge in [-0.05, 0) is 92.2 Å². The number of halogens is 7. The lowest BCUT2D eigenvalue weighted by Gasteiger charge is -2.36. The number of aryl methyl sites for hydroxylation is 1. The SMILES string of the molecule is Cc1cc(F)ccc1-c1cc(N2C[C@@H]3CCCN3CC2=O)ncc1N(C)C(=O)C1(c2cc(C(F)(F)F)cc(C(F)(F)F)c2)CC1. The molecule has 0 N–H and O–H groups in total. The molecule has 3 aromatic rings. The van der Waals surface area contributed by atoms with E-state index in [-0.39, 0.29) is 48.7 Å². The van der Waals surface area contributed by atoms with Crippen molar-refractivity contribution < 1.29 is 40.3 Å². The molecule has 6 nitrogen and oxygen atoms in total. The van der Waals surface area contributed by atoms with Gasteiger partial charge in [-0.3, -0.25) is 19.4 Å². The van der Waals surface area contributed by atoms with E-state index in [1.165, 1.54) is 36.3 Å². The van der Waals surface area contributed by atoms with Crippen LogP contribution in [-0.2, 0) is 27.4 Å². The van der Waals surface area contributed by atoms with Gasteiger partial charge < -0.3 is 4.90 Å². The van der Waals surface area contributed by atoms with Crippen molar-refractivity contribution in [3.8, 4) is 11.1 Å². The Morgan fingerprint density at radius 2 is 1.64 bits per heavy atom. The third-order valence-electron chi connectivity index (χ3n) is 9.12. The second kappa shape index (κ2) is 10.8. The largest absolute Gasteiger partial charge is 0.416 e. The summed E-state index contributed by atoms with van der Waals surface area (Å²) in [5.74, 6) is -1.03. The predicted molar refractivity (Wildman–Crippen MR) is 152 cm³/mol. The maximum Gasteiger partial charge on any atom is 0.416 e. The van der Waals surface area contributed by atoms with Crippen LogP contribution in [0.15, 0.2) is 48.7 Å². The minimum atomic E-state index is -5.06. The number of fused-ring (bicyclic) bond motifs is 1. The molecule has 1 aliphatic carbocycles. The number of alkyl halides is 6. The lowest BCUT2D eigenvalue weighted by Crippen LogP contribution is -2.54. The van der Waals surface area contributed by atoms with E-state index in [1.807, 2.05) is 0 Å². The monoisotopic (exact) mass is 634 g/mol. The van der Waals surface area contributed by atoms with Gasteiger partial charge >= 0.3 is 12.4 Å². The highest BCUT2D eigenvalue weighted by molar-refractivity contribution is 6.06. The molecular weight excluding hydrogens is 605 g/mol. The topological polar surface area (TPSA) is 56.8 Å². The first-order valence-electron chi connectivity index (χ1n) is 14.5. The fourth-order valence-electron chi connectivity index (χ4n) is 6.51. The van der Waals surface area contributed by atoms with Gasteiger partial charge in [0.1, 0.15) is 11.6 Å². The Morgan fingerprint density at radius 3 is 2.24 bits per heavy atom. The number of anilines is 2. The number of benzene rings is 2. The quantitative estimate of drug-likeness (QED) is 0.292. The van der Waals surface area contributed by atoms with E-state index in [0.717, 1.165) is 19.4 Å². The number of carbonyl (C=O) groups excluding carboxylic acids is 2. The number of piperazine rings is 1. The van der Waals surface area contributed by atoms with Gasteiger partial charge in [-0.15, -0.1) is 0 Å². The summed E-state index contributed by atoms with van der Waals surface area (Å²) in [4.78, 5) is 36.5. The number of aromatic nitrogens is 1. The molecule has 6 rings (SSSR count). The predicted octanol–water partition coefficient (Wildman–Crippen LogP) is 6.74. The summed E-state index contributed by atoms with van der Waals surface area (Å²) in [6.45, 7) is 3.15. The molecule has 13 heteroatoms. The molecule has 45 heavy (non-hydrogen) atoms. The molecule has 2 amide bonds. The fraction of sp³-hybridized carbons (Fsp3) is 0.406. The first kappa shape index (κ1) is 31.0. The summed E-state index contributed by atoms with van der Waals surface area (Å²) in [5, 5.41) is 0. The third kappa shape index (κ3) is 5.66. The highest BCUT2D eigenvalue weighted by atomic mass is 19.4. The highest BCUT2D eigenvalue weighted by Gasteiger charge is 2.54. The minimum Gasteiger partial charge on any atom is -0.313 e. The van der Waals surface area contributed by atoms with Gasteiger partial charge in [-0.1, -0.05) is 6.07 Å². The van der Waals surface area contributed by atoms with Crippen LogP contribution in [0.2, 0.25) is 0 Å². The average molecular weight is 635 g/mol. The maximum absolute atomic E-state index is 14.1. The number of nitrogens with zero attached hydrogens (tertiary/aromatic N) is 4. The Balaban J connectivity index is 1.42. The summed E-state index contributed by atoms with van der Waals surface area (Å²) < 4.78 is 95.9. The summed E-state index contributed by atoms with van der Waals surface area (Å²) in [7, 11) is 1.38. The molecule has 1 saturated carbocycles. The minimum absolute atomic E-state index is 0.0402. The number of carbonyl (C=O) groups is 2. The number of pyridine rings is 1. The molecule has 3 heterocycles. The van der Waals surface area contributed by atoms with E-state index in [2.05, 4.69) is 9.88 Å². The molecule has 0 bridgehead atoms. The number of hydrogen-bond acceptors (Lipinski definition) is 4. The molecule has 0 radical (unpaired) electrons. The van der Waals surface area contributed by atoms with Crippen molar-refractivity contribution >= 4 is 23.3 Å². The van der Waals surface area contributed by atoms with Crippen LogP contribution in [0.1, 0.15) is 47.9 Å². The summed E-state index contributed by atoms with van der Waals surface area (Å²) in [6, 6.07) is 7.09. The van der Waals surface area contributed by atoms with Crippen LogP contribution in [-0.4, -0.2) is 54.4 Å². The zero-order valence-electron chi connectivity index (χ0n) is 24.4. The summed E-state index contributed by atoms with van der Waals surface area (Å²) in [6.07, 6.45) is -6.76. The van der Waals surface area contributed by atoms with Gasteiger partial charge in [0.15, 0.2) is 0 Å². The van der Waals surface area contributed by atoms with Gasteiger partial charge in [-0.25, -0.2) is 9.37 Å². The number of hydrogen-bond donors (Lipinski definition) is 0. The Bertz CT molecular complexity index is 1650. The van der Waals surface area contributed by atoms with Gasteiger partial charge in [0, 0.05) is 25.2 Å². The van der Waals surface area contributed by atoms with E-state index in [1.54, 1.807) is 17.9 Å². The fourth-order valence-corrected chi connectivity index (χ4v) is 6.51. The molecule has 2 aliphatic heterocycles. The molecule has 1 atom stereocenters. The van der Waals surface area contributed by atoms with Crippen LogP contribution in [0, 0.1) is 12.7 Å². The smallest absolute Gasteiger partial charge is 0.313 e. The van der Waals surface area contributed by atoms with Gasteiger partial charge in [-0.2, -0.15) is 26.3 Å². The van der Waals surface area contributed by atoms with E-state index in [9.17, 15) is 40.3 Å². The highest BCUT2D eigenvalue weighted by Crippen LogP contribution is 2.52. The van der Waals surface area contributed by atoms with Crippen molar-refractivity contribution in [3.05, 3.63) is 76.7 Å². The molecule has 0 spiro atoms. The second-order valence-electron chi connectivity index (χ2n) is 12.0. The molecule has 1 aromatic heterocycles. The first-order valence-corrected chi connectivity index (χ1v) is 14.5. The molecule has 3 aliphatic rings. The van der Waals surface area contributed by atoms with Crippen LogP contribution in [0.25, 0.3) is 11.1 Å². The van der Waals surface area contributed by atoms with Gasteiger partial charge in [0.25, 0.3) is 0 Å². The van der Waals surface area contributed by atoms with E-state index >= 15 is 0 Å². The van der Waals surface area contributed by atoms with Gasteiger partial charge in [0.2, 0.25) is 11.8 Å². The Kier molecular flexibility index (Phi) is 7.45. The average Bonchev–Trinajstić information content (AvgIpc) is 3.66. The Morgan fingerprint density at radius 1 is 0.978 bits per heavy atom. The van der Waals surface area contributed by atoms with Crippen molar-refractivity contribution in [1.29, 1.82) is 0 Å². The Hall–Kier alpha value is -4.00. The normalized spacial score (nSPS) is 19.9. The van der Waals surface area contributed by atoms with Crippen molar-refractivity contribution in [2.45, 2.75) is 56.4 Å². The summed E-state index contributed by atoms with van der Waals surface area (Å²) >= 11 is 0. The van der Waals surface area contributed by atoms with Crippen LogP contribution in [0.3, 0.4) is 0 Å². The Labute approximate surface area is 254 Å². The molecular formula is C32H29F7N4O2. The molecule has 238 valence electrons. The maximum atomic E-state index is 14.1. The molecule has 3 fully saturated rings. The van der Waals surface area contributed by atoms with Crippen molar-refractivity contribution in [2.24, 2.45) is 0 Å². The standard InChI is InChI=1S/C32H29F7N4O2/c1-18-10-22(33)5-6-24(18)25-14-27(43-16-23-4-3-9-42(23)17-28(43)44)40-15-26(25)41(2)29(45)30(7-8-30)19-11-20(31(34,35)36)13-21(12-19)32(37,38)39/h5-6,10-15,23H,3-4,7-9,16-17H2,1-2H3/t23-/m0/s1. The van der Waals surface area contributed by atoms with Crippen LogP contribution < -0.4 is 9.80 Å². The van der Waals surface area contributed by atoms with Crippen molar-refractivity contribution in [2.75, 3.05) is 36.5 Å². The van der Waals surface area contributed by atoms with Crippen LogP contribution >= 0.6 is 0 Å². The van der Waals surface area contributed by atoms with E-state index in [0.29, 0.717) is 41.2 Å². The number of rotatable bonds is 5. The molecule has 0 unspecified atom stereocenters. The second-order valence-corrected chi connectivity index (χ2v) is 12.0. The number of amides is 2. The third-order valence-corrected chi connectivity index (χ3v) is 9.12.